The van der Waals surface area contributed by atoms with Crippen LogP contribution in [0.15, 0.2) is 48.8 Å². The molecule has 0 aliphatic rings. The van der Waals surface area contributed by atoms with E-state index in [9.17, 15) is 4.79 Å². The van der Waals surface area contributed by atoms with Crippen molar-refractivity contribution in [3.63, 3.8) is 0 Å². The Labute approximate surface area is 153 Å². The molecule has 0 aliphatic carbocycles. The predicted molar refractivity (Wildman–Crippen MR) is 103 cm³/mol. The highest BCUT2D eigenvalue weighted by atomic mass is 16.2. The van der Waals surface area contributed by atoms with Crippen LogP contribution in [-0.4, -0.2) is 20.8 Å². The average molecular weight is 349 g/mol. The molecule has 3 aromatic rings. The van der Waals surface area contributed by atoms with Gasteiger partial charge in [-0.15, -0.1) is 0 Å². The van der Waals surface area contributed by atoms with Crippen LogP contribution in [0.5, 0.6) is 0 Å². The minimum absolute atomic E-state index is 0.182. The number of rotatable bonds is 4. The molecule has 2 N–H and O–H groups in total. The Morgan fingerprint density at radius 1 is 1.15 bits per heavy atom. The first-order chi connectivity index (χ1) is 12.5. The van der Waals surface area contributed by atoms with E-state index in [-0.39, 0.29) is 12.1 Å². The molecule has 2 amide bonds. The zero-order valence-electron chi connectivity index (χ0n) is 15.4. The number of amides is 2. The molecule has 0 bridgehead atoms. The van der Waals surface area contributed by atoms with Crippen molar-refractivity contribution in [1.82, 2.24) is 20.1 Å². The minimum atomic E-state index is -0.241. The van der Waals surface area contributed by atoms with E-state index in [1.807, 2.05) is 64.1 Å². The number of anilines is 1. The van der Waals surface area contributed by atoms with E-state index in [1.54, 1.807) is 17.1 Å². The number of benzene rings is 1. The third-order valence-corrected chi connectivity index (χ3v) is 4.36. The standard InChI is InChI=1S/C20H23N5O/c1-13-8-9-18(14(2)11-13)24-20(26)23-15(3)17-12-22-25(16(17)4)19-7-5-6-10-21-19/h5-12,15H,1-4H3,(H2,23,24,26)/t15-/m1/s1. The van der Waals surface area contributed by atoms with Crippen LogP contribution in [0.3, 0.4) is 0 Å². The van der Waals surface area contributed by atoms with Crippen molar-refractivity contribution in [2.24, 2.45) is 0 Å². The molecule has 1 atom stereocenters. The first kappa shape index (κ1) is 17.7. The summed E-state index contributed by atoms with van der Waals surface area (Å²) in [7, 11) is 0. The van der Waals surface area contributed by atoms with Gasteiger partial charge < -0.3 is 10.6 Å². The Hall–Kier alpha value is -3.15. The van der Waals surface area contributed by atoms with Gasteiger partial charge in [0.2, 0.25) is 0 Å². The Morgan fingerprint density at radius 2 is 1.96 bits per heavy atom. The molecule has 3 rings (SSSR count). The molecule has 0 aliphatic heterocycles. The summed E-state index contributed by atoms with van der Waals surface area (Å²) in [6, 6.07) is 11.2. The van der Waals surface area contributed by atoms with Crippen LogP contribution in [-0.2, 0) is 0 Å². The maximum Gasteiger partial charge on any atom is 0.319 e. The Kier molecular flexibility index (Phi) is 5.02. The molecule has 2 aromatic heterocycles. The van der Waals surface area contributed by atoms with Crippen LogP contribution in [0.4, 0.5) is 10.5 Å². The van der Waals surface area contributed by atoms with Gasteiger partial charge in [0.15, 0.2) is 5.82 Å². The summed E-state index contributed by atoms with van der Waals surface area (Å²) < 4.78 is 1.77. The maximum absolute atomic E-state index is 12.4. The molecule has 6 heteroatoms. The highest BCUT2D eigenvalue weighted by molar-refractivity contribution is 5.90. The quantitative estimate of drug-likeness (QED) is 0.745. The Bertz CT molecular complexity index is 917. The average Bonchev–Trinajstić information content (AvgIpc) is 3.00. The topological polar surface area (TPSA) is 71.8 Å². The third-order valence-electron chi connectivity index (χ3n) is 4.36. The van der Waals surface area contributed by atoms with Crippen LogP contribution in [0.2, 0.25) is 0 Å². The molecule has 6 nitrogen and oxygen atoms in total. The van der Waals surface area contributed by atoms with Crippen molar-refractivity contribution in [2.45, 2.75) is 33.7 Å². The molecule has 0 radical (unpaired) electrons. The van der Waals surface area contributed by atoms with Gasteiger partial charge in [-0.25, -0.2) is 14.5 Å². The van der Waals surface area contributed by atoms with Crippen molar-refractivity contribution in [2.75, 3.05) is 5.32 Å². The number of carbonyl (C=O) groups excluding carboxylic acids is 1. The normalized spacial score (nSPS) is 11.8. The van der Waals surface area contributed by atoms with Crippen LogP contribution in [0.1, 0.15) is 35.3 Å². The first-order valence-corrected chi connectivity index (χ1v) is 8.56. The van der Waals surface area contributed by atoms with Gasteiger partial charge >= 0.3 is 6.03 Å². The van der Waals surface area contributed by atoms with Gasteiger partial charge in [0.1, 0.15) is 0 Å². The summed E-state index contributed by atoms with van der Waals surface area (Å²) in [5.41, 5.74) is 4.90. The van der Waals surface area contributed by atoms with Crippen molar-refractivity contribution in [3.8, 4) is 5.82 Å². The second kappa shape index (κ2) is 7.39. The third kappa shape index (κ3) is 3.74. The summed E-state index contributed by atoms with van der Waals surface area (Å²) in [5.74, 6) is 0.753. The SMILES string of the molecule is Cc1ccc(NC(=O)N[C@H](C)c2cnn(-c3ccccn3)c2C)c(C)c1. The number of aryl methyl sites for hydroxylation is 2. The molecular weight excluding hydrogens is 326 g/mol. The number of nitrogens with zero attached hydrogens (tertiary/aromatic N) is 3. The summed E-state index contributed by atoms with van der Waals surface area (Å²) in [6.07, 6.45) is 3.50. The summed E-state index contributed by atoms with van der Waals surface area (Å²) in [5, 5.41) is 10.3. The molecule has 0 saturated carbocycles. The molecule has 0 spiro atoms. The summed E-state index contributed by atoms with van der Waals surface area (Å²) in [4.78, 5) is 16.7. The lowest BCUT2D eigenvalue weighted by molar-refractivity contribution is 0.249. The number of hydrogen-bond donors (Lipinski definition) is 2. The number of pyridine rings is 1. The van der Waals surface area contributed by atoms with Crippen LogP contribution >= 0.6 is 0 Å². The second-order valence-corrected chi connectivity index (χ2v) is 6.42. The highest BCUT2D eigenvalue weighted by Gasteiger charge is 2.17. The maximum atomic E-state index is 12.4. The largest absolute Gasteiger partial charge is 0.331 e. The molecule has 0 fully saturated rings. The van der Waals surface area contributed by atoms with E-state index >= 15 is 0 Å². The van der Waals surface area contributed by atoms with Crippen LogP contribution in [0, 0.1) is 20.8 Å². The molecule has 1 aromatic carbocycles. The minimum Gasteiger partial charge on any atom is -0.331 e. The van der Waals surface area contributed by atoms with E-state index in [2.05, 4.69) is 20.7 Å². The zero-order valence-corrected chi connectivity index (χ0v) is 15.4. The number of hydrogen-bond acceptors (Lipinski definition) is 3. The van der Waals surface area contributed by atoms with Crippen LogP contribution < -0.4 is 10.6 Å². The van der Waals surface area contributed by atoms with E-state index < -0.39 is 0 Å². The number of nitrogens with one attached hydrogen (secondary N) is 2. The van der Waals surface area contributed by atoms with Gasteiger partial charge in [-0.2, -0.15) is 5.10 Å². The lowest BCUT2D eigenvalue weighted by atomic mass is 10.1. The molecule has 26 heavy (non-hydrogen) atoms. The van der Waals surface area contributed by atoms with Crippen LogP contribution in [0.25, 0.3) is 5.82 Å². The Balaban J connectivity index is 1.71. The highest BCUT2D eigenvalue weighted by Crippen LogP contribution is 2.20. The van der Waals surface area contributed by atoms with Gasteiger partial charge in [-0.3, -0.25) is 0 Å². The van der Waals surface area contributed by atoms with Gasteiger partial charge in [0.25, 0.3) is 0 Å². The number of carbonyl (C=O) groups is 1. The first-order valence-electron chi connectivity index (χ1n) is 8.56. The van der Waals surface area contributed by atoms with Gasteiger partial charge in [-0.1, -0.05) is 23.8 Å². The molecule has 2 heterocycles. The smallest absolute Gasteiger partial charge is 0.319 e. The van der Waals surface area contributed by atoms with E-state index in [0.717, 1.165) is 28.3 Å². The second-order valence-electron chi connectivity index (χ2n) is 6.42. The monoisotopic (exact) mass is 349 g/mol. The Morgan fingerprint density at radius 3 is 2.65 bits per heavy atom. The molecule has 134 valence electrons. The predicted octanol–water partition coefficient (Wildman–Crippen LogP) is 4.08. The van der Waals surface area contributed by atoms with Gasteiger partial charge in [-0.05, 0) is 51.5 Å². The van der Waals surface area contributed by atoms with E-state index in [1.165, 1.54) is 5.56 Å². The lowest BCUT2D eigenvalue weighted by Gasteiger charge is -2.16. The fourth-order valence-corrected chi connectivity index (χ4v) is 2.94. The van der Waals surface area contributed by atoms with Crippen molar-refractivity contribution in [3.05, 3.63) is 71.2 Å². The van der Waals surface area contributed by atoms with Crippen molar-refractivity contribution >= 4 is 11.7 Å². The van der Waals surface area contributed by atoms with Crippen molar-refractivity contribution < 1.29 is 4.79 Å². The van der Waals surface area contributed by atoms with Crippen molar-refractivity contribution in [1.29, 1.82) is 0 Å². The van der Waals surface area contributed by atoms with E-state index in [4.69, 9.17) is 0 Å². The van der Waals surface area contributed by atoms with Gasteiger partial charge in [0.05, 0.1) is 12.2 Å². The number of aromatic nitrogens is 3. The molecular formula is C20H23N5O. The summed E-state index contributed by atoms with van der Waals surface area (Å²) in [6.45, 7) is 7.92. The lowest BCUT2D eigenvalue weighted by Crippen LogP contribution is -2.31. The van der Waals surface area contributed by atoms with E-state index in [0.29, 0.717) is 0 Å². The molecule has 0 saturated heterocycles. The fraction of sp³-hybridized carbons (Fsp3) is 0.250. The van der Waals surface area contributed by atoms with Gasteiger partial charge in [0, 0.05) is 23.1 Å². The zero-order chi connectivity index (χ0) is 18.7. The summed E-state index contributed by atoms with van der Waals surface area (Å²) >= 11 is 0. The molecule has 0 unspecified atom stereocenters. The number of urea groups is 1. The fourth-order valence-electron chi connectivity index (χ4n) is 2.94.